The quantitative estimate of drug-likeness (QED) is 0.873. The summed E-state index contributed by atoms with van der Waals surface area (Å²) in [6.45, 7) is 9.74. The van der Waals surface area contributed by atoms with Crippen LogP contribution in [0.4, 0.5) is 11.8 Å². The number of hydrogen-bond acceptors (Lipinski definition) is 4. The van der Waals surface area contributed by atoms with Crippen LogP contribution in [0.3, 0.4) is 0 Å². The Kier molecular flexibility index (Phi) is 4.99. The molecule has 114 valence electrons. The van der Waals surface area contributed by atoms with E-state index in [0.29, 0.717) is 17.9 Å². The Morgan fingerprint density at radius 3 is 2.52 bits per heavy atom. The molecule has 1 atom stereocenters. The van der Waals surface area contributed by atoms with Gasteiger partial charge in [0.15, 0.2) is 0 Å². The van der Waals surface area contributed by atoms with Crippen LogP contribution in [-0.2, 0) is 0 Å². The summed E-state index contributed by atoms with van der Waals surface area (Å²) in [4.78, 5) is 11.6. The summed E-state index contributed by atoms with van der Waals surface area (Å²) < 4.78 is 0. The lowest BCUT2D eigenvalue weighted by Gasteiger charge is -2.30. The standard InChI is InChI=1S/C17H26N4/c1-6-11-18-17-19-15-10-8-7-9-14(15)16(20-17)21(5)13(4)12(2)3/h7-10,12-13H,6,11H2,1-5H3,(H,18,19,20). The van der Waals surface area contributed by atoms with Crippen molar-refractivity contribution in [2.45, 2.75) is 40.2 Å². The molecule has 1 heterocycles. The van der Waals surface area contributed by atoms with E-state index in [1.807, 2.05) is 18.2 Å². The van der Waals surface area contributed by atoms with Gasteiger partial charge in [0.05, 0.1) is 5.52 Å². The molecule has 1 N–H and O–H groups in total. The highest BCUT2D eigenvalue weighted by Crippen LogP contribution is 2.27. The van der Waals surface area contributed by atoms with E-state index in [1.165, 1.54) is 0 Å². The van der Waals surface area contributed by atoms with Crippen molar-refractivity contribution in [3.8, 4) is 0 Å². The second-order valence-corrected chi connectivity index (χ2v) is 5.91. The number of fused-ring (bicyclic) bond motifs is 1. The van der Waals surface area contributed by atoms with Crippen LogP contribution >= 0.6 is 0 Å². The van der Waals surface area contributed by atoms with Crippen LogP contribution in [0.1, 0.15) is 34.1 Å². The van der Waals surface area contributed by atoms with Crippen LogP contribution in [0.5, 0.6) is 0 Å². The predicted octanol–water partition coefficient (Wildman–Crippen LogP) is 3.93. The van der Waals surface area contributed by atoms with E-state index in [9.17, 15) is 0 Å². The van der Waals surface area contributed by atoms with Gasteiger partial charge in [0.2, 0.25) is 5.95 Å². The van der Waals surface area contributed by atoms with Crippen molar-refractivity contribution in [1.82, 2.24) is 9.97 Å². The van der Waals surface area contributed by atoms with Crippen LogP contribution in [0.2, 0.25) is 0 Å². The molecule has 1 aromatic heterocycles. The molecule has 21 heavy (non-hydrogen) atoms. The first kappa shape index (κ1) is 15.5. The third-order valence-electron chi connectivity index (χ3n) is 4.03. The minimum Gasteiger partial charge on any atom is -0.356 e. The Morgan fingerprint density at radius 1 is 1.14 bits per heavy atom. The number of hydrogen-bond donors (Lipinski definition) is 1. The lowest BCUT2D eigenvalue weighted by molar-refractivity contribution is 0.503. The SMILES string of the molecule is CCCNc1nc(N(C)C(C)C(C)C)c2ccccc2n1. The molecule has 0 aliphatic rings. The van der Waals surface area contributed by atoms with Crippen molar-refractivity contribution < 1.29 is 0 Å². The summed E-state index contributed by atoms with van der Waals surface area (Å²) >= 11 is 0. The van der Waals surface area contributed by atoms with Crippen LogP contribution < -0.4 is 10.2 Å². The van der Waals surface area contributed by atoms with Crippen molar-refractivity contribution in [3.63, 3.8) is 0 Å². The Labute approximate surface area is 127 Å². The summed E-state index contributed by atoms with van der Waals surface area (Å²) in [6, 6.07) is 8.63. The summed E-state index contributed by atoms with van der Waals surface area (Å²) in [5.41, 5.74) is 0.990. The molecule has 0 radical (unpaired) electrons. The lowest BCUT2D eigenvalue weighted by Crippen LogP contribution is -2.34. The third-order valence-corrected chi connectivity index (χ3v) is 4.03. The molecule has 4 nitrogen and oxygen atoms in total. The average molecular weight is 286 g/mol. The molecule has 0 aliphatic carbocycles. The zero-order chi connectivity index (χ0) is 15.4. The molecule has 0 amide bonds. The predicted molar refractivity (Wildman–Crippen MR) is 91.0 cm³/mol. The lowest BCUT2D eigenvalue weighted by atomic mass is 10.0. The van der Waals surface area contributed by atoms with Gasteiger partial charge in [-0.2, -0.15) is 4.98 Å². The van der Waals surface area contributed by atoms with E-state index >= 15 is 0 Å². The van der Waals surface area contributed by atoms with Gasteiger partial charge in [-0.15, -0.1) is 0 Å². The Morgan fingerprint density at radius 2 is 1.86 bits per heavy atom. The van der Waals surface area contributed by atoms with Crippen molar-refractivity contribution >= 4 is 22.7 Å². The molecular formula is C17H26N4. The smallest absolute Gasteiger partial charge is 0.225 e. The fourth-order valence-electron chi connectivity index (χ4n) is 2.28. The number of rotatable bonds is 6. The van der Waals surface area contributed by atoms with Crippen molar-refractivity contribution in [1.29, 1.82) is 0 Å². The Balaban J connectivity index is 2.48. The number of benzene rings is 1. The molecule has 1 aromatic carbocycles. The van der Waals surface area contributed by atoms with E-state index in [-0.39, 0.29) is 0 Å². The monoisotopic (exact) mass is 286 g/mol. The highest BCUT2D eigenvalue weighted by atomic mass is 15.2. The van der Waals surface area contributed by atoms with Gasteiger partial charge in [0.1, 0.15) is 5.82 Å². The maximum atomic E-state index is 4.75. The van der Waals surface area contributed by atoms with Crippen LogP contribution in [0, 0.1) is 5.92 Å². The molecule has 2 rings (SSSR count). The van der Waals surface area contributed by atoms with Gasteiger partial charge in [-0.05, 0) is 31.4 Å². The molecule has 0 spiro atoms. The zero-order valence-corrected chi connectivity index (χ0v) is 13.7. The average Bonchev–Trinajstić information content (AvgIpc) is 2.50. The molecular weight excluding hydrogens is 260 g/mol. The van der Waals surface area contributed by atoms with E-state index in [1.54, 1.807) is 0 Å². The summed E-state index contributed by atoms with van der Waals surface area (Å²) in [7, 11) is 2.11. The maximum Gasteiger partial charge on any atom is 0.225 e. The van der Waals surface area contributed by atoms with Crippen LogP contribution in [0.25, 0.3) is 10.9 Å². The van der Waals surface area contributed by atoms with Gasteiger partial charge < -0.3 is 10.2 Å². The number of nitrogens with one attached hydrogen (secondary N) is 1. The second kappa shape index (κ2) is 6.74. The van der Waals surface area contributed by atoms with Crippen LogP contribution in [-0.4, -0.2) is 29.6 Å². The first-order valence-corrected chi connectivity index (χ1v) is 7.78. The largest absolute Gasteiger partial charge is 0.356 e. The zero-order valence-electron chi connectivity index (χ0n) is 13.7. The van der Waals surface area contributed by atoms with Crippen molar-refractivity contribution in [3.05, 3.63) is 24.3 Å². The van der Waals surface area contributed by atoms with Gasteiger partial charge in [0.25, 0.3) is 0 Å². The number of para-hydroxylation sites is 1. The molecule has 4 heteroatoms. The van der Waals surface area contributed by atoms with E-state index in [4.69, 9.17) is 4.98 Å². The fraction of sp³-hybridized carbons (Fsp3) is 0.529. The first-order chi connectivity index (χ1) is 10.0. The van der Waals surface area contributed by atoms with Gasteiger partial charge in [-0.1, -0.05) is 32.9 Å². The molecule has 0 fully saturated rings. The van der Waals surface area contributed by atoms with E-state index in [2.05, 4.69) is 56.0 Å². The first-order valence-electron chi connectivity index (χ1n) is 7.78. The van der Waals surface area contributed by atoms with Crippen LogP contribution in [0.15, 0.2) is 24.3 Å². The molecule has 0 saturated heterocycles. The number of aromatic nitrogens is 2. The normalized spacial score (nSPS) is 12.7. The topological polar surface area (TPSA) is 41.1 Å². The minimum absolute atomic E-state index is 0.419. The number of anilines is 2. The second-order valence-electron chi connectivity index (χ2n) is 5.91. The van der Waals surface area contributed by atoms with E-state index in [0.717, 1.165) is 29.7 Å². The third kappa shape index (κ3) is 3.43. The van der Waals surface area contributed by atoms with Gasteiger partial charge >= 0.3 is 0 Å². The van der Waals surface area contributed by atoms with E-state index < -0.39 is 0 Å². The molecule has 1 unspecified atom stereocenters. The highest BCUT2D eigenvalue weighted by Gasteiger charge is 2.18. The fourth-order valence-corrected chi connectivity index (χ4v) is 2.28. The van der Waals surface area contributed by atoms with Crippen molar-refractivity contribution in [2.24, 2.45) is 5.92 Å². The molecule has 0 bridgehead atoms. The van der Waals surface area contributed by atoms with Gasteiger partial charge in [0, 0.05) is 25.0 Å². The minimum atomic E-state index is 0.419. The van der Waals surface area contributed by atoms with Gasteiger partial charge in [-0.3, -0.25) is 0 Å². The molecule has 0 saturated carbocycles. The van der Waals surface area contributed by atoms with Crippen molar-refractivity contribution in [2.75, 3.05) is 23.8 Å². The molecule has 2 aromatic rings. The summed E-state index contributed by atoms with van der Waals surface area (Å²) in [5.74, 6) is 2.28. The molecule has 0 aliphatic heterocycles. The summed E-state index contributed by atoms with van der Waals surface area (Å²) in [6.07, 6.45) is 1.06. The Bertz CT molecular complexity index is 594. The maximum absolute atomic E-state index is 4.75. The highest BCUT2D eigenvalue weighted by molar-refractivity contribution is 5.90. The summed E-state index contributed by atoms with van der Waals surface area (Å²) in [5, 5.41) is 4.41. The van der Waals surface area contributed by atoms with Gasteiger partial charge in [-0.25, -0.2) is 4.98 Å². The Hall–Kier alpha value is -1.84. The number of nitrogens with zero attached hydrogens (tertiary/aromatic N) is 3.